The van der Waals surface area contributed by atoms with Crippen LogP contribution in [0.1, 0.15) is 17.5 Å². The molecule has 0 N–H and O–H groups in total. The lowest BCUT2D eigenvalue weighted by Crippen LogP contribution is -2.04. The Kier molecular flexibility index (Phi) is 2.78. The highest BCUT2D eigenvalue weighted by Gasteiger charge is 2.30. The van der Waals surface area contributed by atoms with Gasteiger partial charge in [-0.2, -0.15) is 13.2 Å². The summed E-state index contributed by atoms with van der Waals surface area (Å²) >= 11 is 0.00239. The average molecular weight is 230 g/mol. The van der Waals surface area contributed by atoms with E-state index in [0.717, 1.165) is 11.1 Å². The van der Waals surface area contributed by atoms with E-state index in [1.807, 2.05) is 24.3 Å². The van der Waals surface area contributed by atoms with E-state index >= 15 is 0 Å². The van der Waals surface area contributed by atoms with Crippen molar-refractivity contribution < 1.29 is 13.2 Å². The van der Waals surface area contributed by atoms with Gasteiger partial charge < -0.3 is 0 Å². The molecule has 15 heavy (non-hydrogen) atoms. The molecule has 0 aromatic heterocycles. The lowest BCUT2D eigenvalue weighted by Gasteiger charge is -2.16. The molecule has 80 valence electrons. The molecule has 2 rings (SSSR count). The molecule has 0 saturated heterocycles. The summed E-state index contributed by atoms with van der Waals surface area (Å²) in [6.07, 6.45) is 2.82. The molecule has 0 saturated carbocycles. The fraction of sp³-hybridized carbons (Fsp3) is 0.273. The summed E-state index contributed by atoms with van der Waals surface area (Å²) in [5.41, 5.74) is -2.13. The molecule has 0 heterocycles. The van der Waals surface area contributed by atoms with E-state index in [-0.39, 0.29) is 11.8 Å². The maximum absolute atomic E-state index is 12.1. The predicted octanol–water partition coefficient (Wildman–Crippen LogP) is 4.23. The van der Waals surface area contributed by atoms with E-state index in [4.69, 9.17) is 0 Å². The molecule has 4 heteroatoms. The second-order valence-electron chi connectivity index (χ2n) is 3.36. The molecule has 0 radical (unpaired) electrons. The smallest absolute Gasteiger partial charge is 0.160 e. The van der Waals surface area contributed by atoms with Crippen molar-refractivity contribution in [3.63, 3.8) is 0 Å². The van der Waals surface area contributed by atoms with E-state index in [9.17, 15) is 13.2 Å². The molecule has 1 aromatic carbocycles. The molecule has 1 aliphatic rings. The summed E-state index contributed by atoms with van der Waals surface area (Å²) < 4.78 is 36.4. The number of aryl methyl sites for hydroxylation is 1. The minimum atomic E-state index is -4.17. The number of hydrogen-bond acceptors (Lipinski definition) is 1. The van der Waals surface area contributed by atoms with Gasteiger partial charge in [0.2, 0.25) is 0 Å². The van der Waals surface area contributed by atoms with Gasteiger partial charge in [0.05, 0.1) is 0 Å². The Morgan fingerprint density at radius 3 is 2.53 bits per heavy atom. The Morgan fingerprint density at radius 2 is 1.80 bits per heavy atom. The number of alkyl halides is 3. The molecule has 0 fully saturated rings. The average Bonchev–Trinajstić information content (AvgIpc) is 2.15. The van der Waals surface area contributed by atoms with Crippen LogP contribution in [0, 0.1) is 0 Å². The van der Waals surface area contributed by atoms with E-state index in [1.54, 1.807) is 6.08 Å². The Hall–Kier alpha value is -0.900. The summed E-state index contributed by atoms with van der Waals surface area (Å²) in [5.74, 6) is 0. The van der Waals surface area contributed by atoms with Gasteiger partial charge in [0.15, 0.2) is 0 Å². The van der Waals surface area contributed by atoms with Gasteiger partial charge in [0.1, 0.15) is 0 Å². The van der Waals surface area contributed by atoms with Crippen LogP contribution in [0.25, 0.3) is 6.08 Å². The Morgan fingerprint density at radius 1 is 1.07 bits per heavy atom. The summed E-state index contributed by atoms with van der Waals surface area (Å²) in [6, 6.07) is 7.57. The molecule has 1 aliphatic carbocycles. The second-order valence-corrected chi connectivity index (χ2v) is 4.55. The third-order valence-corrected chi connectivity index (χ3v) is 3.07. The molecule has 0 spiro atoms. The van der Waals surface area contributed by atoms with Crippen molar-refractivity contribution in [3.8, 4) is 0 Å². The highest BCUT2D eigenvalue weighted by molar-refractivity contribution is 8.04. The summed E-state index contributed by atoms with van der Waals surface area (Å²) in [4.78, 5) is 0.404. The maximum atomic E-state index is 12.1. The fourth-order valence-electron chi connectivity index (χ4n) is 1.64. The highest BCUT2D eigenvalue weighted by Crippen LogP contribution is 2.41. The van der Waals surface area contributed by atoms with Gasteiger partial charge in [-0.05, 0) is 46.7 Å². The molecule has 1 aromatic rings. The van der Waals surface area contributed by atoms with Crippen LogP contribution in [0.3, 0.4) is 0 Å². The molecule has 0 bridgehead atoms. The van der Waals surface area contributed by atoms with Gasteiger partial charge in [-0.1, -0.05) is 24.3 Å². The molecular formula is C11H9F3S. The third kappa shape index (κ3) is 2.78. The number of thioether (sulfide) groups is 1. The summed E-state index contributed by atoms with van der Waals surface area (Å²) in [5, 5.41) is 0. The second kappa shape index (κ2) is 3.93. The van der Waals surface area contributed by atoms with Crippen molar-refractivity contribution in [1.29, 1.82) is 0 Å². The highest BCUT2D eigenvalue weighted by atomic mass is 32.2. The Balaban J connectivity index is 2.22. The van der Waals surface area contributed by atoms with Gasteiger partial charge in [-0.15, -0.1) is 0 Å². The minimum absolute atomic E-state index is 0.00239. The molecule has 0 aliphatic heterocycles. The fourth-order valence-corrected chi connectivity index (χ4v) is 2.32. The standard InChI is InChI=1S/C11H9F3S/c12-11(13,14)15-10-6-5-8-3-1-2-4-9(8)7-10/h1-4,7H,5-6H2. The van der Waals surface area contributed by atoms with Crippen molar-refractivity contribution in [2.45, 2.75) is 18.3 Å². The van der Waals surface area contributed by atoms with Crippen LogP contribution in [0.2, 0.25) is 0 Å². The largest absolute Gasteiger partial charge is 0.446 e. The van der Waals surface area contributed by atoms with E-state index < -0.39 is 5.51 Å². The zero-order valence-corrected chi connectivity index (χ0v) is 8.66. The lowest BCUT2D eigenvalue weighted by molar-refractivity contribution is -0.0322. The van der Waals surface area contributed by atoms with Gasteiger partial charge >= 0.3 is 5.51 Å². The van der Waals surface area contributed by atoms with E-state index in [1.165, 1.54) is 0 Å². The third-order valence-electron chi connectivity index (χ3n) is 2.26. The topological polar surface area (TPSA) is 0 Å². The molecule has 0 amide bonds. The van der Waals surface area contributed by atoms with Crippen LogP contribution >= 0.6 is 11.8 Å². The van der Waals surface area contributed by atoms with Crippen LogP contribution in [0.5, 0.6) is 0 Å². The first-order chi connectivity index (χ1) is 7.04. The predicted molar refractivity (Wildman–Crippen MR) is 56.4 cm³/mol. The van der Waals surface area contributed by atoms with Gasteiger partial charge in [-0.25, -0.2) is 0 Å². The molecule has 0 unspecified atom stereocenters. The summed E-state index contributed by atoms with van der Waals surface area (Å²) in [7, 11) is 0. The number of hydrogen-bond donors (Lipinski definition) is 0. The van der Waals surface area contributed by atoms with Gasteiger partial charge in [0.25, 0.3) is 0 Å². The first-order valence-corrected chi connectivity index (χ1v) is 5.40. The van der Waals surface area contributed by atoms with Gasteiger partial charge in [-0.3, -0.25) is 0 Å². The van der Waals surface area contributed by atoms with Crippen molar-refractivity contribution in [3.05, 3.63) is 40.3 Å². The van der Waals surface area contributed by atoms with E-state index in [0.29, 0.717) is 17.7 Å². The first-order valence-electron chi connectivity index (χ1n) is 4.59. The first kappa shape index (κ1) is 10.6. The van der Waals surface area contributed by atoms with Crippen molar-refractivity contribution >= 4 is 17.8 Å². The van der Waals surface area contributed by atoms with Crippen LogP contribution in [-0.4, -0.2) is 5.51 Å². The van der Waals surface area contributed by atoms with Gasteiger partial charge in [0, 0.05) is 0 Å². The van der Waals surface area contributed by atoms with Crippen LogP contribution in [0.15, 0.2) is 29.2 Å². The van der Waals surface area contributed by atoms with Crippen LogP contribution in [-0.2, 0) is 6.42 Å². The van der Waals surface area contributed by atoms with Crippen LogP contribution in [0.4, 0.5) is 13.2 Å². The molecule has 0 nitrogen and oxygen atoms in total. The monoisotopic (exact) mass is 230 g/mol. The SMILES string of the molecule is FC(F)(F)SC1=Cc2ccccc2CC1. The quantitative estimate of drug-likeness (QED) is 0.695. The van der Waals surface area contributed by atoms with Crippen molar-refractivity contribution in [2.75, 3.05) is 0 Å². The number of allylic oxidation sites excluding steroid dienone is 1. The minimum Gasteiger partial charge on any atom is -0.160 e. The number of halogens is 3. The summed E-state index contributed by atoms with van der Waals surface area (Å²) in [6.45, 7) is 0. The normalized spacial score (nSPS) is 15.8. The zero-order valence-electron chi connectivity index (χ0n) is 7.84. The van der Waals surface area contributed by atoms with Crippen molar-refractivity contribution in [1.82, 2.24) is 0 Å². The zero-order chi connectivity index (χ0) is 10.9. The number of benzene rings is 1. The maximum Gasteiger partial charge on any atom is 0.446 e. The molecule has 0 atom stereocenters. The van der Waals surface area contributed by atoms with Crippen LogP contribution < -0.4 is 0 Å². The van der Waals surface area contributed by atoms with Crippen molar-refractivity contribution in [2.24, 2.45) is 0 Å². The number of fused-ring (bicyclic) bond motifs is 1. The number of rotatable bonds is 1. The molecular weight excluding hydrogens is 221 g/mol. The Labute approximate surface area is 90.2 Å². The van der Waals surface area contributed by atoms with E-state index in [2.05, 4.69) is 0 Å². The Bertz CT molecular complexity index is 393. The lowest BCUT2D eigenvalue weighted by atomic mass is 9.98.